The lowest BCUT2D eigenvalue weighted by molar-refractivity contribution is -0.385. The number of carbonyl (C=O) groups excluding carboxylic acids is 3. The van der Waals surface area contributed by atoms with Crippen molar-refractivity contribution in [3.05, 3.63) is 63.7 Å². The number of amides is 2. The Balaban J connectivity index is 1.77. The molecule has 1 aliphatic rings. The third-order valence-corrected chi connectivity index (χ3v) is 4.00. The van der Waals surface area contributed by atoms with E-state index in [1.807, 2.05) is 6.92 Å². The average molecular weight is 384 g/mol. The monoisotopic (exact) mass is 384 g/mol. The number of carbonyl (C=O) groups is 3. The molecule has 0 saturated carbocycles. The topological polar surface area (TPSA) is 116 Å². The maximum Gasteiger partial charge on any atom is 0.331 e. The Hall–Kier alpha value is -3.75. The van der Waals surface area contributed by atoms with Crippen molar-refractivity contribution in [2.24, 2.45) is 0 Å². The number of hydrogen-bond donors (Lipinski definition) is 0. The van der Waals surface area contributed by atoms with E-state index < -0.39 is 34.9 Å². The van der Waals surface area contributed by atoms with E-state index >= 15 is 0 Å². The Labute approximate surface area is 159 Å². The fraction of sp³-hybridized carbons (Fsp3) is 0.211. The first-order valence-corrected chi connectivity index (χ1v) is 8.50. The van der Waals surface area contributed by atoms with E-state index in [1.54, 1.807) is 18.2 Å². The van der Waals surface area contributed by atoms with Crippen molar-refractivity contribution in [3.63, 3.8) is 0 Å². The molecule has 2 amide bonds. The third-order valence-electron chi connectivity index (χ3n) is 4.00. The summed E-state index contributed by atoms with van der Waals surface area (Å²) in [6, 6.07) is 10.3. The molecule has 0 unspecified atom stereocenters. The van der Waals surface area contributed by atoms with E-state index in [-0.39, 0.29) is 16.9 Å². The molecule has 2 aromatic carbocycles. The Bertz CT molecular complexity index is 971. The van der Waals surface area contributed by atoms with Gasteiger partial charge in [-0.25, -0.2) is 4.79 Å². The zero-order valence-electron chi connectivity index (χ0n) is 14.9. The van der Waals surface area contributed by atoms with Gasteiger partial charge in [0.05, 0.1) is 17.1 Å². The summed E-state index contributed by atoms with van der Waals surface area (Å²) in [6.45, 7) is 1.68. The second-order valence-corrected chi connectivity index (χ2v) is 5.92. The van der Waals surface area contributed by atoms with Crippen LogP contribution in [0.3, 0.4) is 0 Å². The van der Waals surface area contributed by atoms with E-state index in [2.05, 4.69) is 0 Å². The van der Waals surface area contributed by atoms with Crippen LogP contribution < -0.4 is 9.47 Å². The molecule has 0 aromatic heterocycles. The van der Waals surface area contributed by atoms with Crippen LogP contribution in [0.15, 0.2) is 42.5 Å². The van der Waals surface area contributed by atoms with Crippen LogP contribution in [0.2, 0.25) is 0 Å². The van der Waals surface area contributed by atoms with Crippen LogP contribution >= 0.6 is 0 Å². The van der Waals surface area contributed by atoms with Gasteiger partial charge in [0, 0.05) is 6.07 Å². The predicted octanol–water partition coefficient (Wildman–Crippen LogP) is 2.59. The largest absolute Gasteiger partial charge is 0.490 e. The molecule has 2 aromatic rings. The molecule has 3 rings (SSSR count). The average Bonchev–Trinajstić information content (AvgIpc) is 2.92. The maximum absolute atomic E-state index is 12.5. The molecule has 0 spiro atoms. The van der Waals surface area contributed by atoms with Crippen LogP contribution in [-0.4, -0.2) is 40.8 Å². The Morgan fingerprint density at radius 1 is 1.07 bits per heavy atom. The molecule has 0 saturated heterocycles. The zero-order valence-corrected chi connectivity index (χ0v) is 14.9. The van der Waals surface area contributed by atoms with Crippen LogP contribution in [0.4, 0.5) is 5.69 Å². The first-order chi connectivity index (χ1) is 13.4. The first-order valence-electron chi connectivity index (χ1n) is 8.50. The summed E-state index contributed by atoms with van der Waals surface area (Å²) in [5.41, 5.74) is -0.916. The summed E-state index contributed by atoms with van der Waals surface area (Å²) in [4.78, 5) is 48.2. The highest BCUT2D eigenvalue weighted by Crippen LogP contribution is 2.31. The molecule has 0 atom stereocenters. The lowest BCUT2D eigenvalue weighted by Gasteiger charge is -2.14. The Morgan fingerprint density at radius 2 is 1.79 bits per heavy atom. The summed E-state index contributed by atoms with van der Waals surface area (Å²) in [6.07, 6.45) is 0.760. The fourth-order valence-electron chi connectivity index (χ4n) is 2.76. The molecule has 28 heavy (non-hydrogen) atoms. The lowest BCUT2D eigenvalue weighted by Crippen LogP contribution is -2.36. The van der Waals surface area contributed by atoms with Crippen molar-refractivity contribution in [2.75, 3.05) is 13.2 Å². The number of nitro benzene ring substituents is 1. The van der Waals surface area contributed by atoms with Gasteiger partial charge in [-0.15, -0.1) is 0 Å². The minimum absolute atomic E-state index is 0.112. The molecule has 0 N–H and O–H groups in total. The van der Waals surface area contributed by atoms with Crippen LogP contribution in [0.5, 0.6) is 11.5 Å². The number of nitro groups is 1. The summed E-state index contributed by atoms with van der Waals surface area (Å²) in [5.74, 6) is -2.04. The first kappa shape index (κ1) is 19.0. The second-order valence-electron chi connectivity index (χ2n) is 5.92. The Kier molecular flexibility index (Phi) is 5.35. The molecule has 1 aliphatic heterocycles. The van der Waals surface area contributed by atoms with Gasteiger partial charge < -0.3 is 9.47 Å². The number of hydrogen-bond acceptors (Lipinski definition) is 7. The minimum atomic E-state index is -0.903. The van der Waals surface area contributed by atoms with E-state index in [1.165, 1.54) is 18.2 Å². The van der Waals surface area contributed by atoms with Crippen molar-refractivity contribution in [2.45, 2.75) is 13.3 Å². The minimum Gasteiger partial charge on any atom is -0.490 e. The molecule has 9 nitrogen and oxygen atoms in total. The molecule has 0 bridgehead atoms. The number of rotatable bonds is 7. The molecule has 9 heteroatoms. The van der Waals surface area contributed by atoms with Gasteiger partial charge in [0.15, 0.2) is 11.5 Å². The zero-order chi connectivity index (χ0) is 20.3. The van der Waals surface area contributed by atoms with Crippen LogP contribution in [0.25, 0.3) is 0 Å². The highest BCUT2D eigenvalue weighted by Gasteiger charge is 2.42. The summed E-state index contributed by atoms with van der Waals surface area (Å²) in [5, 5.41) is 11.1. The highest BCUT2D eigenvalue weighted by molar-refractivity contribution is 6.24. The van der Waals surface area contributed by atoms with E-state index in [9.17, 15) is 24.5 Å². The predicted molar refractivity (Wildman–Crippen MR) is 96.3 cm³/mol. The van der Waals surface area contributed by atoms with Gasteiger partial charge in [-0.2, -0.15) is 0 Å². The van der Waals surface area contributed by atoms with Crippen LogP contribution in [-0.2, 0) is 4.79 Å². The van der Waals surface area contributed by atoms with Crippen LogP contribution in [0.1, 0.15) is 34.1 Å². The summed E-state index contributed by atoms with van der Waals surface area (Å²) >= 11 is 0. The van der Waals surface area contributed by atoms with Gasteiger partial charge in [0.1, 0.15) is 12.1 Å². The number of esters is 1. The molecule has 0 fully saturated rings. The van der Waals surface area contributed by atoms with Crippen molar-refractivity contribution in [1.29, 1.82) is 0 Å². The van der Waals surface area contributed by atoms with Gasteiger partial charge >= 0.3 is 5.97 Å². The fourth-order valence-corrected chi connectivity index (χ4v) is 2.76. The third kappa shape index (κ3) is 3.54. The van der Waals surface area contributed by atoms with Gasteiger partial charge in [-0.05, 0) is 24.6 Å². The molecule has 144 valence electrons. The number of fused-ring (bicyclic) bond motifs is 1. The molecule has 1 heterocycles. The smallest absolute Gasteiger partial charge is 0.331 e. The number of imide groups is 1. The normalized spacial score (nSPS) is 12.7. The number of benzene rings is 2. The van der Waals surface area contributed by atoms with E-state index in [4.69, 9.17) is 9.47 Å². The summed E-state index contributed by atoms with van der Waals surface area (Å²) < 4.78 is 10.7. The van der Waals surface area contributed by atoms with E-state index in [0.717, 1.165) is 12.5 Å². The molecule has 0 aliphatic carbocycles. The van der Waals surface area contributed by atoms with Crippen molar-refractivity contribution in [3.8, 4) is 11.5 Å². The van der Waals surface area contributed by atoms with Gasteiger partial charge in [-0.3, -0.25) is 24.6 Å². The lowest BCUT2D eigenvalue weighted by atomic mass is 10.1. The van der Waals surface area contributed by atoms with Crippen molar-refractivity contribution < 1.29 is 28.8 Å². The highest BCUT2D eigenvalue weighted by atomic mass is 16.6. The van der Waals surface area contributed by atoms with Gasteiger partial charge in [-0.1, -0.05) is 25.1 Å². The standard InChI is InChI=1S/C19H16N2O7/c1-2-10-27-14-8-3-4-9-15(14)28-16(22)11-20-18(23)12-6-5-7-13(21(25)26)17(12)19(20)24/h3-9H,2,10-11H2,1H3. The quantitative estimate of drug-likeness (QED) is 0.237. The number of ether oxygens (including phenoxy) is 2. The second kappa shape index (κ2) is 7.87. The van der Waals surface area contributed by atoms with E-state index in [0.29, 0.717) is 17.3 Å². The number of para-hydroxylation sites is 2. The van der Waals surface area contributed by atoms with Crippen LogP contribution in [0, 0.1) is 10.1 Å². The molecular formula is C19H16N2O7. The maximum atomic E-state index is 12.5. The number of nitrogens with zero attached hydrogens (tertiary/aromatic N) is 2. The molecular weight excluding hydrogens is 368 g/mol. The van der Waals surface area contributed by atoms with Gasteiger partial charge in [0.25, 0.3) is 17.5 Å². The summed E-state index contributed by atoms with van der Waals surface area (Å²) in [7, 11) is 0. The van der Waals surface area contributed by atoms with Crippen molar-refractivity contribution in [1.82, 2.24) is 4.90 Å². The SMILES string of the molecule is CCCOc1ccccc1OC(=O)CN1C(=O)c2cccc([N+](=O)[O-])c2C1=O. The molecule has 0 radical (unpaired) electrons. The van der Waals surface area contributed by atoms with Crippen molar-refractivity contribution >= 4 is 23.5 Å². The Morgan fingerprint density at radius 3 is 2.46 bits per heavy atom. The van der Waals surface area contributed by atoms with Gasteiger partial charge in [0.2, 0.25) is 0 Å².